The Kier molecular flexibility index (Phi) is 6.65. The summed E-state index contributed by atoms with van der Waals surface area (Å²) < 4.78 is 47.7. The molecule has 1 aliphatic heterocycles. The molecule has 184 valence electrons. The number of halogens is 1. The molecule has 0 saturated heterocycles. The standard InChI is InChI=1S/C26H27FN2O4S2/c1-18-5-9-22(10-6-18)35(31,32)29(20-7-8-20)16-26(30)28-13-11-25-23(12-14-34-25)24(28)17-33-21-4-2-3-19(27)15-21/h2-6,9-10,12,14-15,20,24H,7-8,11,13,16-17H2,1H3. The largest absolute Gasteiger partial charge is 0.491 e. The summed E-state index contributed by atoms with van der Waals surface area (Å²) in [6, 6.07) is 14.1. The zero-order valence-electron chi connectivity index (χ0n) is 19.4. The van der Waals surface area contributed by atoms with Crippen molar-refractivity contribution in [1.29, 1.82) is 0 Å². The smallest absolute Gasteiger partial charge is 0.243 e. The van der Waals surface area contributed by atoms with Crippen molar-refractivity contribution < 1.29 is 22.3 Å². The minimum Gasteiger partial charge on any atom is -0.491 e. The molecule has 1 unspecified atom stereocenters. The molecule has 5 rings (SSSR count). The highest BCUT2D eigenvalue weighted by molar-refractivity contribution is 7.89. The maximum Gasteiger partial charge on any atom is 0.243 e. The molecule has 2 aromatic carbocycles. The number of sulfonamides is 1. The highest BCUT2D eigenvalue weighted by atomic mass is 32.2. The van der Waals surface area contributed by atoms with Crippen LogP contribution < -0.4 is 4.74 Å². The third-order valence-corrected chi connectivity index (χ3v) is 9.40. The predicted molar refractivity (Wildman–Crippen MR) is 132 cm³/mol. The van der Waals surface area contributed by atoms with Gasteiger partial charge in [-0.25, -0.2) is 12.8 Å². The number of fused-ring (bicyclic) bond motifs is 1. The van der Waals surface area contributed by atoms with Gasteiger partial charge in [0, 0.05) is 23.5 Å². The van der Waals surface area contributed by atoms with Crippen LogP contribution in [-0.2, 0) is 21.2 Å². The van der Waals surface area contributed by atoms with Gasteiger partial charge in [0.2, 0.25) is 15.9 Å². The number of hydrogen-bond donors (Lipinski definition) is 0. The molecule has 3 aromatic rings. The lowest BCUT2D eigenvalue weighted by molar-refractivity contribution is -0.135. The predicted octanol–water partition coefficient (Wildman–Crippen LogP) is 4.55. The average Bonchev–Trinajstić information content (AvgIpc) is 3.56. The third-order valence-electron chi connectivity index (χ3n) is 6.49. The van der Waals surface area contributed by atoms with Crippen LogP contribution in [0.3, 0.4) is 0 Å². The molecular formula is C26H27FN2O4S2. The number of aryl methyl sites for hydroxylation is 1. The molecule has 0 radical (unpaired) electrons. The lowest BCUT2D eigenvalue weighted by atomic mass is 10.0. The Morgan fingerprint density at radius 1 is 1.17 bits per heavy atom. The van der Waals surface area contributed by atoms with Gasteiger partial charge in [-0.1, -0.05) is 23.8 Å². The number of thiophene rings is 1. The lowest BCUT2D eigenvalue weighted by Crippen LogP contribution is -2.48. The molecule has 1 saturated carbocycles. The maximum absolute atomic E-state index is 13.6. The number of rotatable bonds is 8. The first-order valence-corrected chi connectivity index (χ1v) is 14.0. The van der Waals surface area contributed by atoms with Gasteiger partial charge in [0.15, 0.2) is 0 Å². The molecule has 1 aliphatic carbocycles. The van der Waals surface area contributed by atoms with Crippen molar-refractivity contribution in [2.24, 2.45) is 0 Å². The van der Waals surface area contributed by atoms with Crippen LogP contribution in [0, 0.1) is 12.7 Å². The first kappa shape index (κ1) is 24.0. The first-order chi connectivity index (χ1) is 16.8. The molecule has 1 atom stereocenters. The maximum atomic E-state index is 13.6. The molecule has 1 fully saturated rings. The number of nitrogens with zero attached hydrogens (tertiary/aromatic N) is 2. The van der Waals surface area contributed by atoms with E-state index in [-0.39, 0.29) is 36.0 Å². The van der Waals surface area contributed by atoms with Crippen LogP contribution in [0.25, 0.3) is 0 Å². The summed E-state index contributed by atoms with van der Waals surface area (Å²) in [7, 11) is -3.80. The zero-order chi connectivity index (χ0) is 24.6. The summed E-state index contributed by atoms with van der Waals surface area (Å²) in [4.78, 5) is 16.7. The number of ether oxygens (including phenoxy) is 1. The summed E-state index contributed by atoms with van der Waals surface area (Å²) in [5.74, 6) is -0.254. The zero-order valence-corrected chi connectivity index (χ0v) is 21.0. The van der Waals surface area contributed by atoms with Crippen molar-refractivity contribution >= 4 is 27.3 Å². The molecule has 0 N–H and O–H groups in total. The van der Waals surface area contributed by atoms with Crippen LogP contribution in [0.4, 0.5) is 4.39 Å². The molecule has 9 heteroatoms. The van der Waals surface area contributed by atoms with E-state index in [4.69, 9.17) is 4.74 Å². The second-order valence-electron chi connectivity index (χ2n) is 9.01. The van der Waals surface area contributed by atoms with E-state index in [2.05, 4.69) is 0 Å². The Balaban J connectivity index is 1.37. The Labute approximate surface area is 209 Å². The van der Waals surface area contributed by atoms with Gasteiger partial charge in [-0.3, -0.25) is 4.79 Å². The average molecular weight is 515 g/mol. The van der Waals surface area contributed by atoms with Gasteiger partial charge in [0.25, 0.3) is 0 Å². The van der Waals surface area contributed by atoms with E-state index in [0.717, 1.165) is 24.0 Å². The number of carbonyl (C=O) groups excluding carboxylic acids is 1. The number of carbonyl (C=O) groups is 1. The number of amides is 1. The van der Waals surface area contributed by atoms with Crippen molar-refractivity contribution in [3.63, 3.8) is 0 Å². The van der Waals surface area contributed by atoms with E-state index in [0.29, 0.717) is 18.7 Å². The Morgan fingerprint density at radius 2 is 1.94 bits per heavy atom. The van der Waals surface area contributed by atoms with Crippen molar-refractivity contribution in [1.82, 2.24) is 9.21 Å². The molecule has 2 heterocycles. The van der Waals surface area contributed by atoms with Gasteiger partial charge in [-0.2, -0.15) is 4.31 Å². The SMILES string of the molecule is Cc1ccc(S(=O)(=O)N(CC(=O)N2CCc3sccc3C2COc2cccc(F)c2)C2CC2)cc1. The fourth-order valence-electron chi connectivity index (χ4n) is 4.45. The molecule has 1 aromatic heterocycles. The van der Waals surface area contributed by atoms with Crippen LogP contribution in [0.2, 0.25) is 0 Å². The minimum atomic E-state index is -3.80. The Morgan fingerprint density at radius 3 is 2.66 bits per heavy atom. The van der Waals surface area contributed by atoms with E-state index in [1.165, 1.54) is 21.3 Å². The summed E-state index contributed by atoms with van der Waals surface area (Å²) in [5.41, 5.74) is 1.98. The molecule has 2 aliphatic rings. The van der Waals surface area contributed by atoms with Gasteiger partial charge in [-0.15, -0.1) is 11.3 Å². The Bertz CT molecular complexity index is 1320. The van der Waals surface area contributed by atoms with Gasteiger partial charge < -0.3 is 9.64 Å². The van der Waals surface area contributed by atoms with Gasteiger partial charge in [0.1, 0.15) is 18.2 Å². The van der Waals surface area contributed by atoms with Crippen molar-refractivity contribution in [3.05, 3.63) is 81.8 Å². The monoisotopic (exact) mass is 514 g/mol. The van der Waals surface area contributed by atoms with Crippen molar-refractivity contribution in [2.45, 2.75) is 43.2 Å². The molecule has 1 amide bonds. The first-order valence-electron chi connectivity index (χ1n) is 11.7. The lowest BCUT2D eigenvalue weighted by Gasteiger charge is -2.37. The summed E-state index contributed by atoms with van der Waals surface area (Å²) in [5, 5.41) is 1.99. The summed E-state index contributed by atoms with van der Waals surface area (Å²) in [6.07, 6.45) is 2.21. The summed E-state index contributed by atoms with van der Waals surface area (Å²) in [6.45, 7) is 2.33. The summed E-state index contributed by atoms with van der Waals surface area (Å²) >= 11 is 1.64. The topological polar surface area (TPSA) is 66.9 Å². The fourth-order valence-corrected chi connectivity index (χ4v) is 7.01. The fraction of sp³-hybridized carbons (Fsp3) is 0.346. The number of hydrogen-bond acceptors (Lipinski definition) is 5. The van der Waals surface area contributed by atoms with E-state index in [9.17, 15) is 17.6 Å². The third kappa shape index (κ3) is 5.12. The van der Waals surface area contributed by atoms with E-state index in [1.54, 1.807) is 52.6 Å². The van der Waals surface area contributed by atoms with Crippen LogP contribution >= 0.6 is 11.3 Å². The molecule has 6 nitrogen and oxygen atoms in total. The second-order valence-corrected chi connectivity index (χ2v) is 11.9. The molecule has 0 spiro atoms. The normalized spacial score (nSPS) is 17.9. The van der Waals surface area contributed by atoms with Crippen LogP contribution in [-0.4, -0.2) is 49.3 Å². The minimum absolute atomic E-state index is 0.159. The van der Waals surface area contributed by atoms with Crippen molar-refractivity contribution in [3.8, 4) is 5.75 Å². The van der Waals surface area contributed by atoms with Gasteiger partial charge in [-0.05, 0) is 67.5 Å². The van der Waals surface area contributed by atoms with E-state index >= 15 is 0 Å². The van der Waals surface area contributed by atoms with Crippen LogP contribution in [0.15, 0.2) is 64.9 Å². The highest BCUT2D eigenvalue weighted by Crippen LogP contribution is 2.36. The van der Waals surface area contributed by atoms with E-state index < -0.39 is 15.8 Å². The van der Waals surface area contributed by atoms with Crippen LogP contribution in [0.1, 0.15) is 34.9 Å². The van der Waals surface area contributed by atoms with Crippen molar-refractivity contribution in [2.75, 3.05) is 19.7 Å². The van der Waals surface area contributed by atoms with Gasteiger partial charge in [0.05, 0.1) is 17.5 Å². The number of benzene rings is 2. The van der Waals surface area contributed by atoms with E-state index in [1.807, 2.05) is 18.4 Å². The highest BCUT2D eigenvalue weighted by Gasteiger charge is 2.41. The molecule has 0 bridgehead atoms. The van der Waals surface area contributed by atoms with Crippen LogP contribution in [0.5, 0.6) is 5.75 Å². The Hall–Kier alpha value is -2.75. The quantitative estimate of drug-likeness (QED) is 0.442. The van der Waals surface area contributed by atoms with Gasteiger partial charge >= 0.3 is 0 Å². The molecular weight excluding hydrogens is 487 g/mol. The second kappa shape index (κ2) is 9.72. The molecule has 35 heavy (non-hydrogen) atoms.